The lowest BCUT2D eigenvalue weighted by Crippen LogP contribution is -2.44. The van der Waals surface area contributed by atoms with Crippen LogP contribution in [0.2, 0.25) is 0 Å². The van der Waals surface area contributed by atoms with Crippen molar-refractivity contribution < 1.29 is 9.13 Å². The SMILES string of the molecule is Cc1cc(F)cc(C(N)C2CCOC3(CCCCC3)C2)c1. The molecule has 3 rings (SSSR count). The summed E-state index contributed by atoms with van der Waals surface area (Å²) < 4.78 is 19.8. The smallest absolute Gasteiger partial charge is 0.123 e. The quantitative estimate of drug-likeness (QED) is 0.883. The molecule has 1 saturated heterocycles. The van der Waals surface area contributed by atoms with Crippen molar-refractivity contribution in [3.05, 3.63) is 35.1 Å². The molecule has 1 aliphatic heterocycles. The minimum absolute atomic E-state index is 0.0567. The molecule has 0 bridgehead atoms. The predicted molar refractivity (Wildman–Crippen MR) is 82.6 cm³/mol. The van der Waals surface area contributed by atoms with E-state index in [0.717, 1.165) is 30.6 Å². The van der Waals surface area contributed by atoms with Gasteiger partial charge in [-0.2, -0.15) is 0 Å². The van der Waals surface area contributed by atoms with Gasteiger partial charge in [0.05, 0.1) is 5.60 Å². The van der Waals surface area contributed by atoms with Gasteiger partial charge in [-0.3, -0.25) is 0 Å². The Labute approximate surface area is 126 Å². The van der Waals surface area contributed by atoms with Crippen LogP contribution in [0.1, 0.15) is 62.1 Å². The molecular formula is C18H26FNO. The van der Waals surface area contributed by atoms with Gasteiger partial charge < -0.3 is 10.5 Å². The topological polar surface area (TPSA) is 35.2 Å². The Bertz CT molecular complexity index is 470. The third kappa shape index (κ3) is 3.29. The number of hydrogen-bond donors (Lipinski definition) is 1. The minimum atomic E-state index is -0.181. The van der Waals surface area contributed by atoms with Crippen LogP contribution in [0.5, 0.6) is 0 Å². The summed E-state index contributed by atoms with van der Waals surface area (Å²) in [6.45, 7) is 2.72. The third-order valence-corrected chi connectivity index (χ3v) is 5.25. The summed E-state index contributed by atoms with van der Waals surface area (Å²) in [4.78, 5) is 0. The van der Waals surface area contributed by atoms with Gasteiger partial charge in [-0.25, -0.2) is 4.39 Å². The number of hydrogen-bond acceptors (Lipinski definition) is 2. The Morgan fingerprint density at radius 1 is 1.24 bits per heavy atom. The van der Waals surface area contributed by atoms with Gasteiger partial charge in [-0.05, 0) is 61.8 Å². The van der Waals surface area contributed by atoms with E-state index in [1.807, 2.05) is 13.0 Å². The zero-order chi connectivity index (χ0) is 14.9. The van der Waals surface area contributed by atoms with E-state index in [1.165, 1.54) is 32.1 Å². The Morgan fingerprint density at radius 2 is 2.00 bits per heavy atom. The fourth-order valence-electron chi connectivity index (χ4n) is 4.15. The summed E-state index contributed by atoms with van der Waals surface area (Å²) in [5.41, 5.74) is 8.41. The molecule has 1 heterocycles. The van der Waals surface area contributed by atoms with Crippen LogP contribution in [0.4, 0.5) is 4.39 Å². The van der Waals surface area contributed by atoms with Gasteiger partial charge in [0.15, 0.2) is 0 Å². The normalized spacial score (nSPS) is 26.7. The summed E-state index contributed by atoms with van der Waals surface area (Å²) in [5.74, 6) is 0.220. The summed E-state index contributed by atoms with van der Waals surface area (Å²) in [7, 11) is 0. The highest BCUT2D eigenvalue weighted by Crippen LogP contribution is 2.43. The number of rotatable bonds is 2. The van der Waals surface area contributed by atoms with Crippen molar-refractivity contribution in [2.45, 2.75) is 63.5 Å². The standard InChI is InChI=1S/C18H26FNO/c1-13-9-15(11-16(19)10-13)17(20)14-5-8-21-18(12-14)6-3-2-4-7-18/h9-11,14,17H,2-8,12,20H2,1H3. The van der Waals surface area contributed by atoms with Crippen LogP contribution in [-0.2, 0) is 4.74 Å². The second-order valence-electron chi connectivity index (χ2n) is 6.93. The Kier molecular flexibility index (Phi) is 4.32. The van der Waals surface area contributed by atoms with Gasteiger partial charge in [-0.15, -0.1) is 0 Å². The highest BCUT2D eigenvalue weighted by Gasteiger charge is 2.40. The Morgan fingerprint density at radius 3 is 2.71 bits per heavy atom. The van der Waals surface area contributed by atoms with Gasteiger partial charge in [0.25, 0.3) is 0 Å². The highest BCUT2D eigenvalue weighted by atomic mass is 19.1. The first-order chi connectivity index (χ1) is 10.1. The molecule has 0 amide bonds. The number of ether oxygens (including phenoxy) is 1. The fraction of sp³-hybridized carbons (Fsp3) is 0.667. The molecule has 2 unspecified atom stereocenters. The summed E-state index contributed by atoms with van der Waals surface area (Å²) >= 11 is 0. The monoisotopic (exact) mass is 291 g/mol. The van der Waals surface area contributed by atoms with Crippen LogP contribution in [0, 0.1) is 18.7 Å². The fourth-order valence-corrected chi connectivity index (χ4v) is 4.15. The van der Waals surface area contributed by atoms with Crippen LogP contribution in [0.25, 0.3) is 0 Å². The van der Waals surface area contributed by atoms with E-state index in [0.29, 0.717) is 5.92 Å². The van der Waals surface area contributed by atoms with Gasteiger partial charge >= 0.3 is 0 Å². The zero-order valence-corrected chi connectivity index (χ0v) is 12.9. The van der Waals surface area contributed by atoms with E-state index < -0.39 is 0 Å². The molecule has 1 spiro atoms. The predicted octanol–water partition coefficient (Wildman–Crippen LogP) is 4.26. The lowest BCUT2D eigenvalue weighted by Gasteiger charge is -2.45. The second kappa shape index (κ2) is 6.05. The number of nitrogens with two attached hydrogens (primary N) is 1. The largest absolute Gasteiger partial charge is 0.375 e. The van der Waals surface area contributed by atoms with Gasteiger partial charge in [0.1, 0.15) is 5.82 Å². The lowest BCUT2D eigenvalue weighted by atomic mass is 9.73. The van der Waals surface area contributed by atoms with Crippen molar-refractivity contribution in [1.82, 2.24) is 0 Å². The van der Waals surface area contributed by atoms with E-state index >= 15 is 0 Å². The molecule has 1 saturated carbocycles. The zero-order valence-electron chi connectivity index (χ0n) is 12.9. The molecule has 0 radical (unpaired) electrons. The second-order valence-corrected chi connectivity index (χ2v) is 6.93. The number of aryl methyl sites for hydroxylation is 1. The van der Waals surface area contributed by atoms with Crippen LogP contribution >= 0.6 is 0 Å². The maximum Gasteiger partial charge on any atom is 0.123 e. The van der Waals surface area contributed by atoms with Gasteiger partial charge in [0.2, 0.25) is 0 Å². The molecule has 2 nitrogen and oxygen atoms in total. The van der Waals surface area contributed by atoms with Crippen molar-refractivity contribution in [3.63, 3.8) is 0 Å². The maximum absolute atomic E-state index is 13.6. The number of benzene rings is 1. The molecule has 2 atom stereocenters. The van der Waals surface area contributed by atoms with Crippen molar-refractivity contribution in [1.29, 1.82) is 0 Å². The number of halogens is 1. The minimum Gasteiger partial charge on any atom is -0.375 e. The lowest BCUT2D eigenvalue weighted by molar-refractivity contribution is -0.120. The molecule has 2 fully saturated rings. The maximum atomic E-state index is 13.6. The molecule has 1 aromatic rings. The van der Waals surface area contributed by atoms with E-state index in [9.17, 15) is 4.39 Å². The highest BCUT2D eigenvalue weighted by molar-refractivity contribution is 5.26. The van der Waals surface area contributed by atoms with Crippen molar-refractivity contribution in [3.8, 4) is 0 Å². The van der Waals surface area contributed by atoms with E-state index in [2.05, 4.69) is 0 Å². The first kappa shape index (κ1) is 15.0. The molecule has 3 heteroatoms. The third-order valence-electron chi connectivity index (χ3n) is 5.25. The Balaban J connectivity index is 1.76. The van der Waals surface area contributed by atoms with E-state index in [1.54, 1.807) is 12.1 Å². The molecule has 2 aliphatic rings. The molecule has 116 valence electrons. The van der Waals surface area contributed by atoms with E-state index in [-0.39, 0.29) is 17.5 Å². The van der Waals surface area contributed by atoms with Crippen LogP contribution < -0.4 is 5.73 Å². The van der Waals surface area contributed by atoms with Gasteiger partial charge in [0, 0.05) is 12.6 Å². The van der Waals surface area contributed by atoms with Crippen LogP contribution in [0.15, 0.2) is 18.2 Å². The van der Waals surface area contributed by atoms with E-state index in [4.69, 9.17) is 10.5 Å². The molecular weight excluding hydrogens is 265 g/mol. The average molecular weight is 291 g/mol. The molecule has 21 heavy (non-hydrogen) atoms. The summed E-state index contributed by atoms with van der Waals surface area (Å²) in [6.07, 6.45) is 8.20. The van der Waals surface area contributed by atoms with Crippen LogP contribution in [0.3, 0.4) is 0 Å². The Hall–Kier alpha value is -0.930. The molecule has 1 aromatic carbocycles. The molecule has 0 aromatic heterocycles. The summed E-state index contributed by atoms with van der Waals surface area (Å²) in [5, 5.41) is 0. The van der Waals surface area contributed by atoms with Crippen molar-refractivity contribution in [2.75, 3.05) is 6.61 Å². The summed E-state index contributed by atoms with van der Waals surface area (Å²) in [6, 6.07) is 5.10. The van der Waals surface area contributed by atoms with Crippen molar-refractivity contribution >= 4 is 0 Å². The van der Waals surface area contributed by atoms with Gasteiger partial charge in [-0.1, -0.05) is 25.3 Å². The molecule has 1 aliphatic carbocycles. The van der Waals surface area contributed by atoms with Crippen LogP contribution in [-0.4, -0.2) is 12.2 Å². The van der Waals surface area contributed by atoms with Crippen molar-refractivity contribution in [2.24, 2.45) is 11.7 Å². The first-order valence-electron chi connectivity index (χ1n) is 8.25. The average Bonchev–Trinajstić information content (AvgIpc) is 2.46. The first-order valence-corrected chi connectivity index (χ1v) is 8.25. The molecule has 2 N–H and O–H groups in total.